The number of anilines is 1. The average molecular weight is 614 g/mol. The summed E-state index contributed by atoms with van der Waals surface area (Å²) in [5, 5.41) is 3.29. The van der Waals surface area contributed by atoms with Crippen molar-refractivity contribution in [3.63, 3.8) is 0 Å². The van der Waals surface area contributed by atoms with E-state index in [1.807, 2.05) is 74.5 Å². The number of methoxy groups -OCH3 is 1. The van der Waals surface area contributed by atoms with E-state index in [-0.39, 0.29) is 48.7 Å². The Labute approximate surface area is 254 Å². The Morgan fingerprint density at radius 2 is 1.57 bits per heavy atom. The van der Waals surface area contributed by atoms with Crippen LogP contribution in [0.2, 0.25) is 5.02 Å². The molecule has 0 fully saturated rings. The minimum Gasteiger partial charge on any atom is -0.495 e. The van der Waals surface area contributed by atoms with Crippen LogP contribution in [0.3, 0.4) is 0 Å². The van der Waals surface area contributed by atoms with Crippen molar-refractivity contribution in [1.29, 1.82) is 0 Å². The predicted octanol–water partition coefficient (Wildman–Crippen LogP) is 5.31. The van der Waals surface area contributed by atoms with Crippen LogP contribution in [0.25, 0.3) is 0 Å². The second-order valence-electron chi connectivity index (χ2n) is 10.6. The Kier molecular flexibility index (Phi) is 12.2. The number of nitrogens with zero attached hydrogens (tertiary/aromatic N) is 2. The molecule has 3 aromatic rings. The number of sulfonamides is 1. The third-order valence-corrected chi connectivity index (χ3v) is 8.22. The molecule has 0 aromatic heterocycles. The van der Waals surface area contributed by atoms with Crippen molar-refractivity contribution in [2.75, 3.05) is 30.8 Å². The molecule has 10 heteroatoms. The van der Waals surface area contributed by atoms with E-state index in [0.717, 1.165) is 17.4 Å². The second-order valence-corrected chi connectivity index (χ2v) is 12.9. The zero-order chi connectivity index (χ0) is 30.7. The van der Waals surface area contributed by atoms with Crippen LogP contribution in [-0.2, 0) is 32.6 Å². The van der Waals surface area contributed by atoms with Gasteiger partial charge in [0.05, 0.1) is 24.1 Å². The number of hydrogen-bond donors (Lipinski definition) is 1. The van der Waals surface area contributed by atoms with Crippen molar-refractivity contribution >= 4 is 39.1 Å². The van der Waals surface area contributed by atoms with Gasteiger partial charge in [-0.15, -0.1) is 0 Å². The van der Waals surface area contributed by atoms with Gasteiger partial charge in [0.1, 0.15) is 11.8 Å². The summed E-state index contributed by atoms with van der Waals surface area (Å²) in [4.78, 5) is 29.0. The molecule has 0 aliphatic carbocycles. The van der Waals surface area contributed by atoms with E-state index in [4.69, 9.17) is 16.3 Å². The molecule has 0 aliphatic rings. The highest BCUT2D eigenvalue weighted by atomic mass is 35.5. The summed E-state index contributed by atoms with van der Waals surface area (Å²) in [6.07, 6.45) is 1.75. The van der Waals surface area contributed by atoms with Gasteiger partial charge in [0.25, 0.3) is 0 Å². The maximum atomic E-state index is 13.9. The highest BCUT2D eigenvalue weighted by Gasteiger charge is 2.30. The number of amides is 2. The molecule has 42 heavy (non-hydrogen) atoms. The molecule has 0 heterocycles. The largest absolute Gasteiger partial charge is 0.495 e. The predicted molar refractivity (Wildman–Crippen MR) is 168 cm³/mol. The zero-order valence-corrected chi connectivity index (χ0v) is 26.2. The van der Waals surface area contributed by atoms with E-state index in [9.17, 15) is 18.0 Å². The standard InChI is InChI=1S/C32H40ClN3O5S/c1-24(2)22-34-32(38)29(20-25-12-7-5-8-13-25)35(23-26-14-9-6-10-15-26)31(37)16-11-19-36(42(4,39)40)27-17-18-30(41-3)28(33)21-27/h5-10,12-15,17-18,21,24,29H,11,16,19-20,22-23H2,1-4H3,(H,34,38)/t29-/m0/s1. The molecule has 0 saturated carbocycles. The SMILES string of the molecule is COc1ccc(N(CCCC(=O)N(Cc2ccccc2)[C@@H](Cc2ccccc2)C(=O)NCC(C)C)S(C)(=O)=O)cc1Cl. The normalized spacial score (nSPS) is 12.0. The van der Waals surface area contributed by atoms with Gasteiger partial charge in [0, 0.05) is 32.5 Å². The maximum Gasteiger partial charge on any atom is 0.243 e. The molecule has 0 bridgehead atoms. The van der Waals surface area contributed by atoms with Gasteiger partial charge < -0.3 is 15.0 Å². The van der Waals surface area contributed by atoms with Crippen molar-refractivity contribution in [2.24, 2.45) is 5.92 Å². The first kappa shape index (κ1) is 32.9. The van der Waals surface area contributed by atoms with Crippen molar-refractivity contribution in [3.05, 3.63) is 95.0 Å². The van der Waals surface area contributed by atoms with E-state index >= 15 is 0 Å². The van der Waals surface area contributed by atoms with Crippen molar-refractivity contribution < 1.29 is 22.7 Å². The number of benzene rings is 3. The van der Waals surface area contributed by atoms with E-state index in [1.165, 1.54) is 17.5 Å². The lowest BCUT2D eigenvalue weighted by atomic mass is 10.0. The van der Waals surface area contributed by atoms with Crippen LogP contribution in [0.5, 0.6) is 5.75 Å². The molecule has 0 unspecified atom stereocenters. The summed E-state index contributed by atoms with van der Waals surface area (Å²) < 4.78 is 31.8. The lowest BCUT2D eigenvalue weighted by Gasteiger charge is -2.32. The molecule has 3 rings (SSSR count). The zero-order valence-electron chi connectivity index (χ0n) is 24.6. The minimum absolute atomic E-state index is 0.0471. The number of nitrogens with one attached hydrogen (secondary N) is 1. The summed E-state index contributed by atoms with van der Waals surface area (Å²) in [7, 11) is -2.18. The van der Waals surface area contributed by atoms with Gasteiger partial charge in [-0.2, -0.15) is 0 Å². The molecule has 0 saturated heterocycles. The first-order chi connectivity index (χ1) is 20.0. The molecule has 226 valence electrons. The molecule has 3 aromatic carbocycles. The van der Waals surface area contributed by atoms with Gasteiger partial charge in [-0.05, 0) is 41.7 Å². The minimum atomic E-state index is -3.66. The number of carbonyl (C=O) groups is 2. The van der Waals surface area contributed by atoms with Crippen molar-refractivity contribution in [3.8, 4) is 5.75 Å². The number of halogens is 1. The fourth-order valence-corrected chi connectivity index (χ4v) is 5.78. The smallest absolute Gasteiger partial charge is 0.243 e. The Morgan fingerprint density at radius 1 is 0.952 bits per heavy atom. The van der Waals surface area contributed by atoms with Gasteiger partial charge in [-0.25, -0.2) is 8.42 Å². The van der Waals surface area contributed by atoms with Crippen LogP contribution in [0.15, 0.2) is 78.9 Å². The van der Waals surface area contributed by atoms with Crippen LogP contribution < -0.4 is 14.4 Å². The molecule has 0 aliphatic heterocycles. The number of rotatable bonds is 15. The van der Waals surface area contributed by atoms with Crippen LogP contribution in [0.1, 0.15) is 37.8 Å². The van der Waals surface area contributed by atoms with Gasteiger partial charge in [0.2, 0.25) is 21.8 Å². The third-order valence-electron chi connectivity index (χ3n) is 6.73. The van der Waals surface area contributed by atoms with Gasteiger partial charge in [0.15, 0.2) is 0 Å². The number of carbonyl (C=O) groups excluding carboxylic acids is 2. The van der Waals surface area contributed by atoms with Crippen molar-refractivity contribution in [1.82, 2.24) is 10.2 Å². The highest BCUT2D eigenvalue weighted by Crippen LogP contribution is 2.30. The van der Waals surface area contributed by atoms with Crippen molar-refractivity contribution in [2.45, 2.75) is 45.7 Å². The molecular weight excluding hydrogens is 574 g/mol. The third kappa shape index (κ3) is 9.77. The topological polar surface area (TPSA) is 96.0 Å². The molecule has 2 amide bonds. The lowest BCUT2D eigenvalue weighted by Crippen LogP contribution is -2.51. The summed E-state index contributed by atoms with van der Waals surface area (Å²) in [6.45, 7) is 4.84. The highest BCUT2D eigenvalue weighted by molar-refractivity contribution is 7.92. The molecule has 1 atom stereocenters. The first-order valence-corrected chi connectivity index (χ1v) is 16.2. The maximum absolute atomic E-state index is 13.9. The Bertz CT molecular complexity index is 1420. The fourth-order valence-electron chi connectivity index (χ4n) is 4.57. The van der Waals surface area contributed by atoms with Crippen LogP contribution in [-0.4, -0.2) is 57.6 Å². The first-order valence-electron chi connectivity index (χ1n) is 14.0. The molecule has 0 radical (unpaired) electrons. The van der Waals surface area contributed by atoms with E-state index < -0.39 is 16.1 Å². The Morgan fingerprint density at radius 3 is 2.12 bits per heavy atom. The summed E-state index contributed by atoms with van der Waals surface area (Å²) >= 11 is 6.26. The monoisotopic (exact) mass is 613 g/mol. The lowest BCUT2D eigenvalue weighted by molar-refractivity contribution is -0.141. The van der Waals surface area contributed by atoms with Gasteiger partial charge in [-0.1, -0.05) is 86.1 Å². The molecule has 8 nitrogen and oxygen atoms in total. The number of hydrogen-bond acceptors (Lipinski definition) is 5. The summed E-state index contributed by atoms with van der Waals surface area (Å²) in [5.74, 6) is 0.224. The van der Waals surface area contributed by atoms with Crippen LogP contribution >= 0.6 is 11.6 Å². The average Bonchev–Trinajstić information content (AvgIpc) is 2.96. The fraction of sp³-hybridized carbons (Fsp3) is 0.375. The van der Waals surface area contributed by atoms with Gasteiger partial charge in [-0.3, -0.25) is 13.9 Å². The van der Waals surface area contributed by atoms with Crippen LogP contribution in [0, 0.1) is 5.92 Å². The summed E-state index contributed by atoms with van der Waals surface area (Å²) in [6, 6.07) is 23.2. The van der Waals surface area contributed by atoms with E-state index in [0.29, 0.717) is 24.4 Å². The Hall–Kier alpha value is -3.56. The van der Waals surface area contributed by atoms with Gasteiger partial charge >= 0.3 is 0 Å². The molecule has 0 spiro atoms. The quantitative estimate of drug-likeness (QED) is 0.251. The molecular formula is C32H40ClN3O5S. The molecule has 1 N–H and O–H groups in total. The second kappa shape index (κ2) is 15.6. The van der Waals surface area contributed by atoms with E-state index in [2.05, 4.69) is 5.32 Å². The summed E-state index contributed by atoms with van der Waals surface area (Å²) in [5.41, 5.74) is 2.21. The van der Waals surface area contributed by atoms with Crippen LogP contribution in [0.4, 0.5) is 5.69 Å². The number of ether oxygens (including phenoxy) is 1. The Balaban J connectivity index is 1.86. The van der Waals surface area contributed by atoms with E-state index in [1.54, 1.807) is 17.0 Å².